The molecule has 25 heavy (non-hydrogen) atoms. The third-order valence-electron chi connectivity index (χ3n) is 3.34. The summed E-state index contributed by atoms with van der Waals surface area (Å²) >= 11 is 3.33. The summed E-state index contributed by atoms with van der Waals surface area (Å²) in [5.74, 6) is 0.953. The summed E-state index contributed by atoms with van der Waals surface area (Å²) in [6, 6.07) is 10.6. The Hall–Kier alpha value is -3.00. The number of furan rings is 1. The molecule has 3 rings (SSSR count). The van der Waals surface area contributed by atoms with Crippen LogP contribution in [-0.4, -0.2) is 20.5 Å². The number of nitrogens with zero attached hydrogens (tertiary/aromatic N) is 3. The summed E-state index contributed by atoms with van der Waals surface area (Å²) < 4.78 is 7.84. The molecular formula is C17H12BrN3O4. The van der Waals surface area contributed by atoms with Crippen LogP contribution in [0.4, 0.5) is 5.69 Å². The maximum atomic E-state index is 12.1. The molecule has 0 amide bonds. The summed E-state index contributed by atoms with van der Waals surface area (Å²) in [5.41, 5.74) is 0.493. The maximum Gasteiger partial charge on any atom is 0.307 e. The van der Waals surface area contributed by atoms with Crippen molar-refractivity contribution in [2.45, 2.75) is 6.54 Å². The minimum absolute atomic E-state index is 0.0775. The van der Waals surface area contributed by atoms with Crippen molar-refractivity contribution in [3.05, 3.63) is 86.5 Å². The Balaban J connectivity index is 1.66. The van der Waals surface area contributed by atoms with Crippen LogP contribution in [0.3, 0.4) is 0 Å². The lowest BCUT2D eigenvalue weighted by Gasteiger charge is -1.97. The minimum Gasteiger partial charge on any atom is -0.460 e. The fourth-order valence-electron chi connectivity index (χ4n) is 2.16. The van der Waals surface area contributed by atoms with Crippen LogP contribution in [0.15, 0.2) is 63.8 Å². The summed E-state index contributed by atoms with van der Waals surface area (Å²) in [6.45, 7) is 0.265. The zero-order valence-corrected chi connectivity index (χ0v) is 14.4. The van der Waals surface area contributed by atoms with Crippen molar-refractivity contribution in [2.75, 3.05) is 0 Å². The Morgan fingerprint density at radius 3 is 2.92 bits per heavy atom. The number of nitro groups is 1. The van der Waals surface area contributed by atoms with Crippen molar-refractivity contribution >= 4 is 33.5 Å². The Morgan fingerprint density at radius 2 is 2.20 bits per heavy atom. The number of aromatic nitrogens is 2. The van der Waals surface area contributed by atoms with Crippen molar-refractivity contribution < 1.29 is 14.1 Å². The van der Waals surface area contributed by atoms with Crippen LogP contribution in [0.25, 0.3) is 6.08 Å². The molecule has 1 aromatic carbocycles. The SMILES string of the molecule is O=C(/C=C/c1ccc(Cn2cc([N+](=O)[O-])cn2)o1)c1cccc(Br)c1. The van der Waals surface area contributed by atoms with Gasteiger partial charge >= 0.3 is 5.69 Å². The normalized spacial score (nSPS) is 11.1. The molecule has 2 aromatic heterocycles. The number of carbonyl (C=O) groups is 1. The molecule has 3 aromatic rings. The molecule has 126 valence electrons. The van der Waals surface area contributed by atoms with Gasteiger partial charge in [-0.15, -0.1) is 0 Å². The first-order chi connectivity index (χ1) is 12.0. The van der Waals surface area contributed by atoms with E-state index in [2.05, 4.69) is 21.0 Å². The van der Waals surface area contributed by atoms with E-state index in [4.69, 9.17) is 4.42 Å². The molecule has 0 fully saturated rings. The van der Waals surface area contributed by atoms with E-state index in [9.17, 15) is 14.9 Å². The highest BCUT2D eigenvalue weighted by Gasteiger charge is 2.10. The quantitative estimate of drug-likeness (QED) is 0.268. The Kier molecular flexibility index (Phi) is 4.90. The maximum absolute atomic E-state index is 12.1. The number of allylic oxidation sites excluding steroid dienone is 1. The van der Waals surface area contributed by atoms with Crippen LogP contribution in [-0.2, 0) is 6.54 Å². The lowest BCUT2D eigenvalue weighted by atomic mass is 10.1. The van der Waals surface area contributed by atoms with Gasteiger partial charge in [-0.2, -0.15) is 5.10 Å². The number of carbonyl (C=O) groups excluding carboxylic acids is 1. The van der Waals surface area contributed by atoms with Crippen molar-refractivity contribution in [2.24, 2.45) is 0 Å². The molecule has 0 aliphatic carbocycles. The first-order valence-corrected chi connectivity index (χ1v) is 8.04. The topological polar surface area (TPSA) is 91.2 Å². The molecule has 0 atom stereocenters. The van der Waals surface area contributed by atoms with Crippen molar-refractivity contribution in [3.63, 3.8) is 0 Å². The minimum atomic E-state index is -0.507. The van der Waals surface area contributed by atoms with E-state index < -0.39 is 4.92 Å². The molecular weight excluding hydrogens is 390 g/mol. The van der Waals surface area contributed by atoms with E-state index in [-0.39, 0.29) is 18.0 Å². The standard InChI is InChI=1S/C17H12BrN3O4/c18-13-3-1-2-12(8-13)17(22)7-6-15-4-5-16(25-15)11-20-10-14(9-19-20)21(23)24/h1-10H,11H2/b7-6+. The van der Waals surface area contributed by atoms with Crippen LogP contribution in [0.2, 0.25) is 0 Å². The second kappa shape index (κ2) is 7.27. The fourth-order valence-corrected chi connectivity index (χ4v) is 2.56. The monoisotopic (exact) mass is 401 g/mol. The molecule has 2 heterocycles. The zero-order chi connectivity index (χ0) is 17.8. The molecule has 0 spiro atoms. The summed E-state index contributed by atoms with van der Waals surface area (Å²) in [6.07, 6.45) is 5.52. The average molecular weight is 402 g/mol. The number of benzene rings is 1. The molecule has 0 unspecified atom stereocenters. The van der Waals surface area contributed by atoms with Gasteiger partial charge < -0.3 is 4.42 Å². The van der Waals surface area contributed by atoms with E-state index in [0.29, 0.717) is 17.1 Å². The highest BCUT2D eigenvalue weighted by Crippen LogP contribution is 2.15. The van der Waals surface area contributed by atoms with Gasteiger partial charge in [-0.05, 0) is 36.4 Å². The molecule has 7 nitrogen and oxygen atoms in total. The summed E-state index contributed by atoms with van der Waals surface area (Å²) in [5, 5.41) is 14.5. The van der Waals surface area contributed by atoms with Crippen molar-refractivity contribution in [1.82, 2.24) is 9.78 Å². The largest absolute Gasteiger partial charge is 0.460 e. The molecule has 0 N–H and O–H groups in total. The zero-order valence-electron chi connectivity index (χ0n) is 12.8. The second-order valence-electron chi connectivity index (χ2n) is 5.17. The van der Waals surface area contributed by atoms with Gasteiger partial charge in [0.05, 0.1) is 11.5 Å². The van der Waals surface area contributed by atoms with Gasteiger partial charge in [0.2, 0.25) is 0 Å². The van der Waals surface area contributed by atoms with Gasteiger partial charge in [-0.3, -0.25) is 19.6 Å². The highest BCUT2D eigenvalue weighted by molar-refractivity contribution is 9.10. The number of hydrogen-bond donors (Lipinski definition) is 0. The first kappa shape index (κ1) is 16.8. The number of halogens is 1. The Bertz CT molecular complexity index is 958. The predicted octanol–water partition coefficient (Wildman–Crippen LogP) is 4.09. The van der Waals surface area contributed by atoms with E-state index in [1.165, 1.54) is 23.2 Å². The van der Waals surface area contributed by atoms with Gasteiger partial charge in [0.25, 0.3) is 0 Å². The molecule has 0 aliphatic heterocycles. The predicted molar refractivity (Wildman–Crippen MR) is 94.2 cm³/mol. The lowest BCUT2D eigenvalue weighted by molar-refractivity contribution is -0.385. The van der Waals surface area contributed by atoms with E-state index >= 15 is 0 Å². The second-order valence-corrected chi connectivity index (χ2v) is 6.08. The molecule has 0 radical (unpaired) electrons. The van der Waals surface area contributed by atoms with Crippen LogP contribution < -0.4 is 0 Å². The van der Waals surface area contributed by atoms with E-state index in [1.54, 1.807) is 36.4 Å². The van der Waals surface area contributed by atoms with E-state index in [1.807, 2.05) is 6.07 Å². The van der Waals surface area contributed by atoms with E-state index in [0.717, 1.165) is 4.47 Å². The molecule has 0 bridgehead atoms. The van der Waals surface area contributed by atoms with Gasteiger partial charge in [0.1, 0.15) is 23.9 Å². The average Bonchev–Trinajstić information content (AvgIpc) is 3.22. The van der Waals surface area contributed by atoms with Crippen LogP contribution >= 0.6 is 15.9 Å². The van der Waals surface area contributed by atoms with Crippen molar-refractivity contribution in [3.8, 4) is 0 Å². The number of rotatable bonds is 6. The van der Waals surface area contributed by atoms with Crippen LogP contribution in [0.1, 0.15) is 21.9 Å². The van der Waals surface area contributed by atoms with Crippen LogP contribution in [0.5, 0.6) is 0 Å². The first-order valence-electron chi connectivity index (χ1n) is 7.25. The third kappa shape index (κ3) is 4.30. The molecule has 0 saturated carbocycles. The Morgan fingerprint density at radius 1 is 1.36 bits per heavy atom. The Labute approximate surface area is 150 Å². The van der Waals surface area contributed by atoms with Gasteiger partial charge in [-0.1, -0.05) is 28.1 Å². The smallest absolute Gasteiger partial charge is 0.307 e. The summed E-state index contributed by atoms with van der Waals surface area (Å²) in [4.78, 5) is 22.2. The fraction of sp³-hybridized carbons (Fsp3) is 0.0588. The third-order valence-corrected chi connectivity index (χ3v) is 3.83. The van der Waals surface area contributed by atoms with Gasteiger partial charge in [0, 0.05) is 10.0 Å². The van der Waals surface area contributed by atoms with Gasteiger partial charge in [-0.25, -0.2) is 0 Å². The van der Waals surface area contributed by atoms with Crippen molar-refractivity contribution in [1.29, 1.82) is 0 Å². The van der Waals surface area contributed by atoms with Crippen LogP contribution in [0, 0.1) is 10.1 Å². The molecule has 0 aliphatic rings. The number of hydrogen-bond acceptors (Lipinski definition) is 5. The summed E-state index contributed by atoms with van der Waals surface area (Å²) in [7, 11) is 0. The highest BCUT2D eigenvalue weighted by atomic mass is 79.9. The lowest BCUT2D eigenvalue weighted by Crippen LogP contribution is -1.98. The van der Waals surface area contributed by atoms with Gasteiger partial charge in [0.15, 0.2) is 5.78 Å². The molecule has 0 saturated heterocycles. The number of ketones is 1. The molecule has 8 heteroatoms.